The fourth-order valence-electron chi connectivity index (χ4n) is 3.73. The van der Waals surface area contributed by atoms with Crippen molar-refractivity contribution in [1.82, 2.24) is 19.0 Å². The van der Waals surface area contributed by atoms with E-state index in [0.717, 1.165) is 25.8 Å². The van der Waals surface area contributed by atoms with Crippen molar-refractivity contribution in [3.63, 3.8) is 0 Å². The van der Waals surface area contributed by atoms with Gasteiger partial charge >= 0.3 is 0 Å². The Morgan fingerprint density at radius 3 is 2.55 bits per heavy atom. The van der Waals surface area contributed by atoms with Gasteiger partial charge in [-0.15, -0.1) is 5.10 Å². The van der Waals surface area contributed by atoms with Crippen molar-refractivity contribution in [3.05, 3.63) is 65.0 Å². The minimum absolute atomic E-state index is 0.249. The van der Waals surface area contributed by atoms with Crippen molar-refractivity contribution in [2.24, 2.45) is 0 Å². The Balaban J connectivity index is 1.53. The number of rotatable bonds is 7. The van der Waals surface area contributed by atoms with Gasteiger partial charge in [0.1, 0.15) is 0 Å². The summed E-state index contributed by atoms with van der Waals surface area (Å²) in [5.41, 5.74) is 1.78. The summed E-state index contributed by atoms with van der Waals surface area (Å²) >= 11 is 5.35. The zero-order chi connectivity index (χ0) is 21.8. The Morgan fingerprint density at radius 1 is 1.06 bits per heavy atom. The molecule has 0 bridgehead atoms. The SMILES string of the molecule is CN(Cc1ccccc1)Cn1nc(-c2cccc(S(=O)(=O)N3CCCCC3)c2)oc1=S. The first-order chi connectivity index (χ1) is 14.9. The Bertz CT molecular complexity index is 1180. The van der Waals surface area contributed by atoms with Crippen LogP contribution in [-0.4, -0.2) is 47.5 Å². The molecule has 0 aliphatic carbocycles. The van der Waals surface area contributed by atoms with E-state index in [0.29, 0.717) is 31.2 Å². The van der Waals surface area contributed by atoms with Crippen LogP contribution in [-0.2, 0) is 23.2 Å². The highest BCUT2D eigenvalue weighted by Gasteiger charge is 2.26. The second-order valence-corrected chi connectivity index (χ2v) is 10.1. The van der Waals surface area contributed by atoms with Crippen LogP contribution in [0.5, 0.6) is 0 Å². The van der Waals surface area contributed by atoms with Crippen molar-refractivity contribution in [3.8, 4) is 11.5 Å². The van der Waals surface area contributed by atoms with E-state index in [1.165, 1.54) is 5.56 Å². The molecular weight excluding hydrogens is 432 g/mol. The van der Waals surface area contributed by atoms with Crippen LogP contribution in [0.25, 0.3) is 11.5 Å². The molecule has 1 aliphatic rings. The van der Waals surface area contributed by atoms with Crippen LogP contribution in [0.2, 0.25) is 0 Å². The molecule has 0 unspecified atom stereocenters. The van der Waals surface area contributed by atoms with Gasteiger partial charge in [0.2, 0.25) is 15.9 Å². The van der Waals surface area contributed by atoms with E-state index >= 15 is 0 Å². The summed E-state index contributed by atoms with van der Waals surface area (Å²) < 4.78 is 34.9. The first kappa shape index (κ1) is 21.9. The molecule has 4 rings (SSSR count). The topological polar surface area (TPSA) is 71.6 Å². The Morgan fingerprint density at radius 2 is 1.81 bits per heavy atom. The summed E-state index contributed by atoms with van der Waals surface area (Å²) in [6.45, 7) is 2.34. The van der Waals surface area contributed by atoms with Gasteiger partial charge < -0.3 is 4.42 Å². The molecule has 2 heterocycles. The predicted octanol–water partition coefficient (Wildman–Crippen LogP) is 4.14. The minimum Gasteiger partial charge on any atom is -0.409 e. The van der Waals surface area contributed by atoms with Gasteiger partial charge in [0.15, 0.2) is 0 Å². The third-order valence-corrected chi connectivity index (χ3v) is 7.50. The van der Waals surface area contributed by atoms with Gasteiger partial charge in [-0.1, -0.05) is 42.8 Å². The van der Waals surface area contributed by atoms with E-state index in [9.17, 15) is 8.42 Å². The van der Waals surface area contributed by atoms with Crippen molar-refractivity contribution < 1.29 is 12.8 Å². The first-order valence-corrected chi connectivity index (χ1v) is 12.2. The highest BCUT2D eigenvalue weighted by molar-refractivity contribution is 7.89. The second-order valence-electron chi connectivity index (χ2n) is 7.81. The lowest BCUT2D eigenvalue weighted by Crippen LogP contribution is -2.35. The van der Waals surface area contributed by atoms with Gasteiger partial charge in [-0.2, -0.15) is 4.31 Å². The van der Waals surface area contributed by atoms with Crippen molar-refractivity contribution in [2.75, 3.05) is 20.1 Å². The van der Waals surface area contributed by atoms with Crippen molar-refractivity contribution in [2.45, 2.75) is 37.4 Å². The fourth-order valence-corrected chi connectivity index (χ4v) is 5.47. The molecule has 9 heteroatoms. The molecule has 1 fully saturated rings. The molecule has 164 valence electrons. The van der Waals surface area contributed by atoms with E-state index in [2.05, 4.69) is 22.1 Å². The third kappa shape index (κ3) is 5.12. The van der Waals surface area contributed by atoms with Crippen LogP contribution in [0.3, 0.4) is 0 Å². The molecule has 1 saturated heterocycles. The zero-order valence-electron chi connectivity index (χ0n) is 17.5. The monoisotopic (exact) mass is 458 g/mol. The number of aromatic nitrogens is 2. The Labute approximate surface area is 188 Å². The molecule has 0 amide bonds. The average molecular weight is 459 g/mol. The Kier molecular flexibility index (Phi) is 6.66. The van der Waals surface area contributed by atoms with Crippen LogP contribution < -0.4 is 0 Å². The smallest absolute Gasteiger partial charge is 0.288 e. The van der Waals surface area contributed by atoms with Crippen LogP contribution >= 0.6 is 12.2 Å². The van der Waals surface area contributed by atoms with Gasteiger partial charge in [-0.05, 0) is 55.9 Å². The molecule has 3 aromatic rings. The fraction of sp³-hybridized carbons (Fsp3) is 0.364. The summed E-state index contributed by atoms with van der Waals surface area (Å²) in [6, 6.07) is 16.9. The van der Waals surface area contributed by atoms with Crippen molar-refractivity contribution in [1.29, 1.82) is 0 Å². The van der Waals surface area contributed by atoms with Crippen molar-refractivity contribution >= 4 is 22.2 Å². The number of hydrogen-bond donors (Lipinski definition) is 0. The van der Waals surface area contributed by atoms with Gasteiger partial charge in [-0.3, -0.25) is 4.90 Å². The van der Waals surface area contributed by atoms with E-state index in [1.54, 1.807) is 33.3 Å². The van der Waals surface area contributed by atoms with Crippen LogP contribution in [0, 0.1) is 4.84 Å². The molecule has 7 nitrogen and oxygen atoms in total. The summed E-state index contributed by atoms with van der Waals surface area (Å²) in [4.78, 5) is 2.58. The van der Waals surface area contributed by atoms with Gasteiger partial charge in [0.05, 0.1) is 11.6 Å². The maximum Gasteiger partial charge on any atom is 0.288 e. The number of hydrogen-bond acceptors (Lipinski definition) is 6. The molecule has 2 aromatic carbocycles. The van der Waals surface area contributed by atoms with Gasteiger partial charge in [0, 0.05) is 25.2 Å². The molecule has 0 saturated carbocycles. The third-order valence-electron chi connectivity index (χ3n) is 5.31. The van der Waals surface area contributed by atoms with Crippen LogP contribution in [0.15, 0.2) is 63.9 Å². The number of benzene rings is 2. The maximum absolute atomic E-state index is 13.0. The molecule has 1 aromatic heterocycles. The molecule has 31 heavy (non-hydrogen) atoms. The molecule has 0 atom stereocenters. The van der Waals surface area contributed by atoms with Crippen LogP contribution in [0.4, 0.5) is 0 Å². The number of piperidine rings is 1. The standard InChI is InChI=1S/C22H26N4O3S2/c1-24(16-18-9-4-2-5-10-18)17-26-22(30)29-21(23-26)19-11-8-12-20(15-19)31(27,28)25-13-6-3-7-14-25/h2,4-5,8-12,15H,3,6-7,13-14,16-17H2,1H3. The second kappa shape index (κ2) is 9.44. The highest BCUT2D eigenvalue weighted by atomic mass is 32.2. The van der Waals surface area contributed by atoms with Gasteiger partial charge in [0.25, 0.3) is 4.84 Å². The molecule has 1 aliphatic heterocycles. The van der Waals surface area contributed by atoms with E-state index in [-0.39, 0.29) is 9.73 Å². The number of nitrogens with zero attached hydrogens (tertiary/aromatic N) is 4. The van der Waals surface area contributed by atoms with E-state index in [1.807, 2.05) is 25.2 Å². The van der Waals surface area contributed by atoms with Crippen LogP contribution in [0.1, 0.15) is 24.8 Å². The normalized spacial score (nSPS) is 15.4. The summed E-state index contributed by atoms with van der Waals surface area (Å²) in [6.07, 6.45) is 2.87. The van der Waals surface area contributed by atoms with Gasteiger partial charge in [-0.25, -0.2) is 13.1 Å². The Hall–Kier alpha value is -2.33. The summed E-state index contributed by atoms with van der Waals surface area (Å²) in [5, 5.41) is 4.49. The van der Waals surface area contributed by atoms with E-state index < -0.39 is 10.0 Å². The lowest BCUT2D eigenvalue weighted by molar-refractivity contribution is 0.240. The summed E-state index contributed by atoms with van der Waals surface area (Å²) in [7, 11) is -1.55. The zero-order valence-corrected chi connectivity index (χ0v) is 19.1. The lowest BCUT2D eigenvalue weighted by atomic mass is 10.2. The lowest BCUT2D eigenvalue weighted by Gasteiger charge is -2.25. The molecule has 0 N–H and O–H groups in total. The maximum atomic E-state index is 13.0. The average Bonchev–Trinajstić information content (AvgIpc) is 3.15. The summed E-state index contributed by atoms with van der Waals surface area (Å²) in [5.74, 6) is 0.314. The minimum atomic E-state index is -3.53. The first-order valence-electron chi connectivity index (χ1n) is 10.3. The molecule has 0 spiro atoms. The van der Waals surface area contributed by atoms with E-state index in [4.69, 9.17) is 16.6 Å². The largest absolute Gasteiger partial charge is 0.409 e. The quantitative estimate of drug-likeness (QED) is 0.496. The molecule has 0 radical (unpaired) electrons. The molecular formula is C22H26N4O3S2. The predicted molar refractivity (Wildman–Crippen MR) is 121 cm³/mol. The number of sulfonamides is 1. The highest BCUT2D eigenvalue weighted by Crippen LogP contribution is 2.25.